The fourth-order valence-electron chi connectivity index (χ4n) is 3.48. The first kappa shape index (κ1) is 21.5. The largest absolute Gasteiger partial charge is 0.490 e. The van der Waals surface area contributed by atoms with Gasteiger partial charge >= 0.3 is 6.18 Å². The number of nitrogens with zero attached hydrogens (tertiary/aromatic N) is 2. The number of fused-ring (bicyclic) bond motifs is 1. The molecule has 0 amide bonds. The van der Waals surface area contributed by atoms with Crippen LogP contribution < -0.4 is 9.47 Å². The van der Waals surface area contributed by atoms with Gasteiger partial charge in [0.1, 0.15) is 12.4 Å². The molecule has 9 heteroatoms. The lowest BCUT2D eigenvalue weighted by Gasteiger charge is -2.26. The van der Waals surface area contributed by atoms with Crippen molar-refractivity contribution in [2.24, 2.45) is 0 Å². The number of aromatic nitrogens is 2. The SMILES string of the molecule is CCOc1cc(-c2nc3ccc(C(F)(F)F)cc3[nH]2)ccc1OCCN1CCOCC1. The zero-order valence-electron chi connectivity index (χ0n) is 17.2. The molecule has 0 bridgehead atoms. The van der Waals surface area contributed by atoms with Crippen molar-refractivity contribution < 1.29 is 27.4 Å². The molecule has 1 saturated heterocycles. The average Bonchev–Trinajstić information content (AvgIpc) is 3.18. The van der Waals surface area contributed by atoms with Crippen LogP contribution in [0.4, 0.5) is 13.2 Å². The predicted octanol–water partition coefficient (Wildman–Crippen LogP) is 4.36. The molecule has 31 heavy (non-hydrogen) atoms. The fraction of sp³-hybridized carbons (Fsp3) is 0.409. The van der Waals surface area contributed by atoms with Crippen molar-refractivity contribution in [1.82, 2.24) is 14.9 Å². The van der Waals surface area contributed by atoms with E-state index in [-0.39, 0.29) is 0 Å². The molecule has 166 valence electrons. The number of morpholine rings is 1. The number of imidazole rings is 1. The van der Waals surface area contributed by atoms with Gasteiger partial charge in [-0.3, -0.25) is 4.90 Å². The molecule has 2 heterocycles. The smallest absolute Gasteiger partial charge is 0.416 e. The molecule has 4 rings (SSSR count). The minimum atomic E-state index is -4.40. The molecule has 0 spiro atoms. The summed E-state index contributed by atoms with van der Waals surface area (Å²) in [6.45, 7) is 6.90. The molecule has 1 aliphatic heterocycles. The second kappa shape index (κ2) is 9.15. The Morgan fingerprint density at radius 2 is 1.87 bits per heavy atom. The fourth-order valence-corrected chi connectivity index (χ4v) is 3.48. The number of alkyl halides is 3. The summed E-state index contributed by atoms with van der Waals surface area (Å²) in [6.07, 6.45) is -4.40. The number of ether oxygens (including phenoxy) is 3. The van der Waals surface area contributed by atoms with E-state index in [1.807, 2.05) is 13.0 Å². The monoisotopic (exact) mass is 435 g/mol. The summed E-state index contributed by atoms with van der Waals surface area (Å²) in [6, 6.07) is 8.87. The maximum atomic E-state index is 13.0. The van der Waals surface area contributed by atoms with E-state index in [2.05, 4.69) is 14.9 Å². The number of benzene rings is 2. The molecule has 0 saturated carbocycles. The maximum absolute atomic E-state index is 13.0. The highest BCUT2D eigenvalue weighted by Gasteiger charge is 2.30. The van der Waals surface area contributed by atoms with Crippen molar-refractivity contribution in [2.45, 2.75) is 13.1 Å². The molecule has 3 aromatic rings. The van der Waals surface area contributed by atoms with E-state index in [9.17, 15) is 13.2 Å². The van der Waals surface area contributed by atoms with Crippen LogP contribution in [0, 0.1) is 0 Å². The summed E-state index contributed by atoms with van der Waals surface area (Å²) in [5, 5.41) is 0. The van der Waals surface area contributed by atoms with Gasteiger partial charge < -0.3 is 19.2 Å². The summed E-state index contributed by atoms with van der Waals surface area (Å²) in [5.74, 6) is 1.66. The Kier molecular flexibility index (Phi) is 6.33. The molecule has 1 fully saturated rings. The van der Waals surface area contributed by atoms with E-state index in [4.69, 9.17) is 14.2 Å². The van der Waals surface area contributed by atoms with Crippen molar-refractivity contribution in [1.29, 1.82) is 0 Å². The minimum Gasteiger partial charge on any atom is -0.490 e. The Bertz CT molecular complexity index is 1030. The van der Waals surface area contributed by atoms with Gasteiger partial charge in [0.25, 0.3) is 0 Å². The summed E-state index contributed by atoms with van der Waals surface area (Å²) in [4.78, 5) is 9.68. The zero-order valence-corrected chi connectivity index (χ0v) is 17.2. The first-order chi connectivity index (χ1) is 14.9. The lowest BCUT2D eigenvalue weighted by Crippen LogP contribution is -2.38. The summed E-state index contributed by atoms with van der Waals surface area (Å²) in [5.41, 5.74) is 0.781. The van der Waals surface area contributed by atoms with Crippen molar-refractivity contribution in [3.63, 3.8) is 0 Å². The topological polar surface area (TPSA) is 59.6 Å². The third kappa shape index (κ3) is 5.11. The molecule has 6 nitrogen and oxygen atoms in total. The molecular weight excluding hydrogens is 411 g/mol. The van der Waals surface area contributed by atoms with Crippen LogP contribution in [-0.4, -0.2) is 60.9 Å². The highest BCUT2D eigenvalue weighted by molar-refractivity contribution is 5.80. The van der Waals surface area contributed by atoms with Gasteiger partial charge in [-0.2, -0.15) is 13.2 Å². The number of rotatable bonds is 7. The van der Waals surface area contributed by atoms with Crippen LogP contribution in [0.5, 0.6) is 11.5 Å². The number of halogens is 3. The molecule has 1 aliphatic rings. The van der Waals surface area contributed by atoms with Crippen LogP contribution in [-0.2, 0) is 10.9 Å². The van der Waals surface area contributed by atoms with E-state index in [0.29, 0.717) is 47.1 Å². The molecule has 0 unspecified atom stereocenters. The Hall–Kier alpha value is -2.78. The van der Waals surface area contributed by atoms with Crippen molar-refractivity contribution >= 4 is 11.0 Å². The van der Waals surface area contributed by atoms with Crippen molar-refractivity contribution in [2.75, 3.05) is 46.1 Å². The Morgan fingerprint density at radius 1 is 1.06 bits per heavy atom. The lowest BCUT2D eigenvalue weighted by molar-refractivity contribution is -0.137. The van der Waals surface area contributed by atoms with Gasteiger partial charge in [-0.05, 0) is 43.3 Å². The van der Waals surface area contributed by atoms with Crippen molar-refractivity contribution in [3.05, 3.63) is 42.0 Å². The number of hydrogen-bond acceptors (Lipinski definition) is 5. The average molecular weight is 435 g/mol. The number of H-pyrrole nitrogens is 1. The lowest BCUT2D eigenvalue weighted by atomic mass is 10.2. The van der Waals surface area contributed by atoms with E-state index in [0.717, 1.165) is 45.0 Å². The van der Waals surface area contributed by atoms with Gasteiger partial charge in [0.05, 0.1) is 36.4 Å². The second-order valence-electron chi connectivity index (χ2n) is 7.21. The van der Waals surface area contributed by atoms with E-state index < -0.39 is 11.7 Å². The van der Waals surface area contributed by atoms with Crippen LogP contribution in [0.15, 0.2) is 36.4 Å². The van der Waals surface area contributed by atoms with Crippen LogP contribution >= 0.6 is 0 Å². The van der Waals surface area contributed by atoms with Gasteiger partial charge in [0.15, 0.2) is 11.5 Å². The first-order valence-corrected chi connectivity index (χ1v) is 10.2. The molecule has 1 aromatic heterocycles. The zero-order chi connectivity index (χ0) is 21.8. The van der Waals surface area contributed by atoms with Gasteiger partial charge in [0, 0.05) is 25.2 Å². The van der Waals surface area contributed by atoms with Gasteiger partial charge in [-0.1, -0.05) is 0 Å². The molecule has 2 aromatic carbocycles. The normalized spacial score (nSPS) is 15.4. The third-order valence-electron chi connectivity index (χ3n) is 5.09. The van der Waals surface area contributed by atoms with E-state index in [1.54, 1.807) is 12.1 Å². The molecule has 1 N–H and O–H groups in total. The quantitative estimate of drug-likeness (QED) is 0.598. The van der Waals surface area contributed by atoms with Crippen LogP contribution in [0.1, 0.15) is 12.5 Å². The molecule has 0 aliphatic carbocycles. The maximum Gasteiger partial charge on any atom is 0.416 e. The summed E-state index contributed by atoms with van der Waals surface area (Å²) in [7, 11) is 0. The minimum absolute atomic E-state index is 0.327. The van der Waals surface area contributed by atoms with Gasteiger partial charge in [-0.25, -0.2) is 4.98 Å². The Balaban J connectivity index is 1.52. The Morgan fingerprint density at radius 3 is 2.61 bits per heavy atom. The van der Waals surface area contributed by atoms with Gasteiger partial charge in [0.2, 0.25) is 0 Å². The van der Waals surface area contributed by atoms with Crippen LogP contribution in [0.2, 0.25) is 0 Å². The highest BCUT2D eigenvalue weighted by Crippen LogP contribution is 2.34. The number of hydrogen-bond donors (Lipinski definition) is 1. The molecule has 0 radical (unpaired) electrons. The van der Waals surface area contributed by atoms with E-state index in [1.165, 1.54) is 6.07 Å². The van der Waals surface area contributed by atoms with Gasteiger partial charge in [-0.15, -0.1) is 0 Å². The molecular formula is C22H24F3N3O3. The van der Waals surface area contributed by atoms with Crippen molar-refractivity contribution in [3.8, 4) is 22.9 Å². The summed E-state index contributed by atoms with van der Waals surface area (Å²) < 4.78 is 55.9. The predicted molar refractivity (Wildman–Crippen MR) is 110 cm³/mol. The van der Waals surface area contributed by atoms with Crippen LogP contribution in [0.25, 0.3) is 22.4 Å². The first-order valence-electron chi connectivity index (χ1n) is 10.2. The highest BCUT2D eigenvalue weighted by atomic mass is 19.4. The van der Waals surface area contributed by atoms with E-state index >= 15 is 0 Å². The molecule has 0 atom stereocenters. The number of aromatic amines is 1. The van der Waals surface area contributed by atoms with Crippen LogP contribution in [0.3, 0.4) is 0 Å². The summed E-state index contributed by atoms with van der Waals surface area (Å²) >= 11 is 0. The number of nitrogens with one attached hydrogen (secondary N) is 1. The Labute approximate surface area is 177 Å². The second-order valence-corrected chi connectivity index (χ2v) is 7.21. The third-order valence-corrected chi connectivity index (χ3v) is 5.09. The standard InChI is InChI=1S/C22H24F3N3O3/c1-2-30-20-13-15(3-6-19(20)31-12-9-28-7-10-29-11-8-28)21-26-17-5-4-16(22(23,24)25)14-18(17)27-21/h3-6,13-14H,2,7-12H2,1H3,(H,26,27).